The fraction of sp³-hybridized carbons (Fsp3) is 0. The Kier molecular flexibility index (Phi) is 3.54. The molecule has 0 aliphatic carbocycles. The first-order chi connectivity index (χ1) is 10.7. The number of hydrogen-bond acceptors (Lipinski definition) is 3. The van der Waals surface area contributed by atoms with Crippen LogP contribution in [0.15, 0.2) is 48.7 Å². The van der Waals surface area contributed by atoms with Gasteiger partial charge in [0.05, 0.1) is 17.8 Å². The van der Waals surface area contributed by atoms with Crippen LogP contribution in [-0.4, -0.2) is 10.2 Å². The molecule has 1 aromatic heterocycles. The van der Waals surface area contributed by atoms with Crippen molar-refractivity contribution in [2.24, 2.45) is 0 Å². The van der Waals surface area contributed by atoms with Crippen molar-refractivity contribution in [3.05, 3.63) is 65.9 Å². The standard InChI is InChI=1S/C16H9F2N3O/c17-13-3-1-2-12(15(13)18)16-14(9-20-21-16)22-11-6-4-10(8-19)5-7-11/h1-7,9H,(H,20,21). The summed E-state index contributed by atoms with van der Waals surface area (Å²) in [6.07, 6.45) is 1.37. The van der Waals surface area contributed by atoms with E-state index in [0.717, 1.165) is 6.07 Å². The second-order valence-corrected chi connectivity index (χ2v) is 4.45. The van der Waals surface area contributed by atoms with Crippen LogP contribution in [0.1, 0.15) is 5.56 Å². The van der Waals surface area contributed by atoms with E-state index in [4.69, 9.17) is 10.00 Å². The maximum atomic E-state index is 13.9. The van der Waals surface area contributed by atoms with Crippen molar-refractivity contribution in [1.82, 2.24) is 10.2 Å². The van der Waals surface area contributed by atoms with Crippen LogP contribution in [0.3, 0.4) is 0 Å². The summed E-state index contributed by atoms with van der Waals surface area (Å²) in [6.45, 7) is 0. The summed E-state index contributed by atoms with van der Waals surface area (Å²) in [7, 11) is 0. The van der Waals surface area contributed by atoms with Crippen LogP contribution in [0.2, 0.25) is 0 Å². The zero-order valence-electron chi connectivity index (χ0n) is 11.2. The molecule has 0 saturated carbocycles. The molecule has 0 bridgehead atoms. The molecule has 3 aromatic rings. The van der Waals surface area contributed by atoms with Gasteiger partial charge < -0.3 is 4.74 Å². The Morgan fingerprint density at radius 3 is 2.59 bits per heavy atom. The average molecular weight is 297 g/mol. The van der Waals surface area contributed by atoms with Crippen molar-refractivity contribution in [1.29, 1.82) is 5.26 Å². The van der Waals surface area contributed by atoms with E-state index in [1.807, 2.05) is 6.07 Å². The van der Waals surface area contributed by atoms with Gasteiger partial charge in [0, 0.05) is 5.56 Å². The highest BCUT2D eigenvalue weighted by Crippen LogP contribution is 2.33. The van der Waals surface area contributed by atoms with Gasteiger partial charge in [0.25, 0.3) is 0 Å². The highest BCUT2D eigenvalue weighted by atomic mass is 19.2. The topological polar surface area (TPSA) is 61.7 Å². The van der Waals surface area contributed by atoms with E-state index >= 15 is 0 Å². The molecule has 0 unspecified atom stereocenters. The van der Waals surface area contributed by atoms with Crippen molar-refractivity contribution in [2.75, 3.05) is 0 Å². The van der Waals surface area contributed by atoms with Crippen LogP contribution in [-0.2, 0) is 0 Å². The molecule has 6 heteroatoms. The lowest BCUT2D eigenvalue weighted by atomic mass is 10.1. The third kappa shape index (κ3) is 2.52. The monoisotopic (exact) mass is 297 g/mol. The van der Waals surface area contributed by atoms with Crippen LogP contribution in [0.4, 0.5) is 8.78 Å². The molecule has 1 N–H and O–H groups in total. The minimum Gasteiger partial charge on any atom is -0.453 e. The minimum absolute atomic E-state index is 0.0288. The minimum atomic E-state index is -0.976. The summed E-state index contributed by atoms with van der Waals surface area (Å²) in [5.74, 6) is -1.21. The van der Waals surface area contributed by atoms with Crippen molar-refractivity contribution in [2.45, 2.75) is 0 Å². The lowest BCUT2D eigenvalue weighted by Crippen LogP contribution is -1.92. The molecule has 4 nitrogen and oxygen atoms in total. The highest BCUT2D eigenvalue weighted by Gasteiger charge is 2.16. The zero-order valence-corrected chi connectivity index (χ0v) is 11.2. The van der Waals surface area contributed by atoms with Gasteiger partial charge in [-0.3, -0.25) is 5.10 Å². The number of H-pyrrole nitrogens is 1. The van der Waals surface area contributed by atoms with Crippen LogP contribution < -0.4 is 4.74 Å². The number of halogens is 2. The number of aromatic amines is 1. The molecule has 0 radical (unpaired) electrons. The normalized spacial score (nSPS) is 10.2. The van der Waals surface area contributed by atoms with Gasteiger partial charge in [0.1, 0.15) is 11.4 Å². The molecule has 0 saturated heterocycles. The third-order valence-corrected chi connectivity index (χ3v) is 3.04. The number of ether oxygens (including phenoxy) is 1. The Morgan fingerprint density at radius 2 is 1.86 bits per heavy atom. The molecule has 22 heavy (non-hydrogen) atoms. The molecule has 3 rings (SSSR count). The molecular formula is C16H9F2N3O. The fourth-order valence-corrected chi connectivity index (χ4v) is 1.97. The van der Waals surface area contributed by atoms with Gasteiger partial charge in [0.15, 0.2) is 17.4 Å². The van der Waals surface area contributed by atoms with E-state index in [1.54, 1.807) is 24.3 Å². The quantitative estimate of drug-likeness (QED) is 0.794. The van der Waals surface area contributed by atoms with Crippen LogP contribution in [0.5, 0.6) is 11.5 Å². The van der Waals surface area contributed by atoms with E-state index in [-0.39, 0.29) is 17.0 Å². The van der Waals surface area contributed by atoms with Gasteiger partial charge >= 0.3 is 0 Å². The first-order valence-electron chi connectivity index (χ1n) is 6.35. The molecule has 0 atom stereocenters. The lowest BCUT2D eigenvalue weighted by Gasteiger charge is -2.07. The summed E-state index contributed by atoms with van der Waals surface area (Å²) in [5.41, 5.74) is 0.762. The Hall–Kier alpha value is -3.20. The smallest absolute Gasteiger partial charge is 0.173 e. The predicted molar refractivity (Wildman–Crippen MR) is 75.2 cm³/mol. The molecule has 0 aliphatic heterocycles. The summed E-state index contributed by atoms with van der Waals surface area (Å²) in [4.78, 5) is 0. The Bertz CT molecular complexity index is 851. The maximum Gasteiger partial charge on any atom is 0.173 e. The number of nitrogens with zero attached hydrogens (tertiary/aromatic N) is 2. The molecule has 108 valence electrons. The molecule has 2 aromatic carbocycles. The number of nitrogens with one attached hydrogen (secondary N) is 1. The Labute approximate surface area is 124 Å². The van der Waals surface area contributed by atoms with Gasteiger partial charge in [-0.15, -0.1) is 0 Å². The second-order valence-electron chi connectivity index (χ2n) is 4.45. The first-order valence-corrected chi connectivity index (χ1v) is 6.35. The van der Waals surface area contributed by atoms with Crippen molar-refractivity contribution in [3.8, 4) is 28.8 Å². The SMILES string of the molecule is N#Cc1ccc(Oc2cn[nH]c2-c2cccc(F)c2F)cc1. The summed E-state index contributed by atoms with van der Waals surface area (Å²) >= 11 is 0. The highest BCUT2D eigenvalue weighted by molar-refractivity contribution is 5.67. The van der Waals surface area contributed by atoms with Gasteiger partial charge in [-0.05, 0) is 36.4 Å². The molecule has 0 fully saturated rings. The number of nitriles is 1. The second kappa shape index (κ2) is 5.66. The average Bonchev–Trinajstić information content (AvgIpc) is 2.99. The van der Waals surface area contributed by atoms with Crippen molar-refractivity contribution < 1.29 is 13.5 Å². The van der Waals surface area contributed by atoms with Gasteiger partial charge in [-0.2, -0.15) is 10.4 Å². The first kappa shape index (κ1) is 13.8. The van der Waals surface area contributed by atoms with E-state index in [2.05, 4.69) is 10.2 Å². The van der Waals surface area contributed by atoms with E-state index < -0.39 is 11.6 Å². The van der Waals surface area contributed by atoms with Gasteiger partial charge in [-0.25, -0.2) is 8.78 Å². The zero-order chi connectivity index (χ0) is 15.5. The molecule has 0 aliphatic rings. The van der Waals surface area contributed by atoms with Crippen LogP contribution >= 0.6 is 0 Å². The van der Waals surface area contributed by atoms with Gasteiger partial charge in [0.2, 0.25) is 0 Å². The molecule has 0 amide bonds. The van der Waals surface area contributed by atoms with Gasteiger partial charge in [-0.1, -0.05) is 6.07 Å². The Morgan fingerprint density at radius 1 is 1.09 bits per heavy atom. The summed E-state index contributed by atoms with van der Waals surface area (Å²) < 4.78 is 32.8. The Balaban J connectivity index is 1.95. The van der Waals surface area contributed by atoms with E-state index in [0.29, 0.717) is 11.3 Å². The van der Waals surface area contributed by atoms with E-state index in [9.17, 15) is 8.78 Å². The summed E-state index contributed by atoms with van der Waals surface area (Å²) in [6, 6.07) is 12.3. The number of benzene rings is 2. The number of aromatic nitrogens is 2. The number of hydrogen-bond donors (Lipinski definition) is 1. The number of rotatable bonds is 3. The van der Waals surface area contributed by atoms with Crippen molar-refractivity contribution in [3.63, 3.8) is 0 Å². The fourth-order valence-electron chi connectivity index (χ4n) is 1.97. The predicted octanol–water partition coefficient (Wildman–Crippen LogP) is 4.02. The molecule has 1 heterocycles. The van der Waals surface area contributed by atoms with Crippen molar-refractivity contribution >= 4 is 0 Å². The van der Waals surface area contributed by atoms with Crippen LogP contribution in [0.25, 0.3) is 11.3 Å². The maximum absolute atomic E-state index is 13.9. The van der Waals surface area contributed by atoms with E-state index in [1.165, 1.54) is 18.3 Å². The van der Waals surface area contributed by atoms with Crippen LogP contribution in [0, 0.1) is 23.0 Å². The third-order valence-electron chi connectivity index (χ3n) is 3.04. The lowest BCUT2D eigenvalue weighted by molar-refractivity contribution is 0.482. The molecule has 0 spiro atoms. The largest absolute Gasteiger partial charge is 0.453 e. The molecular weight excluding hydrogens is 288 g/mol. The summed E-state index contributed by atoms with van der Waals surface area (Å²) in [5, 5.41) is 15.2.